The summed E-state index contributed by atoms with van der Waals surface area (Å²) < 4.78 is 36.6. The molecule has 0 unspecified atom stereocenters. The summed E-state index contributed by atoms with van der Waals surface area (Å²) in [5.41, 5.74) is 4.37. The Morgan fingerprint density at radius 2 is 1.81 bits per heavy atom. The first-order valence-corrected chi connectivity index (χ1v) is 12.7. The zero-order chi connectivity index (χ0) is 22.1. The van der Waals surface area contributed by atoms with Crippen LogP contribution in [0.3, 0.4) is 0 Å². The number of piperidine rings is 1. The molecule has 3 aromatic rings. The molecule has 0 N–H and O–H groups in total. The van der Waals surface area contributed by atoms with E-state index in [-0.39, 0.29) is 6.10 Å². The number of hydrogen-bond acceptors (Lipinski definition) is 7. The van der Waals surface area contributed by atoms with Gasteiger partial charge in [0, 0.05) is 37.5 Å². The largest absolute Gasteiger partial charge is 0.470 e. The highest BCUT2D eigenvalue weighted by atomic mass is 32.2. The van der Waals surface area contributed by atoms with Crippen molar-refractivity contribution in [3.63, 3.8) is 0 Å². The van der Waals surface area contributed by atoms with Gasteiger partial charge in [-0.3, -0.25) is 4.98 Å². The van der Waals surface area contributed by atoms with Gasteiger partial charge in [-0.25, -0.2) is 22.7 Å². The second kappa shape index (κ2) is 8.73. The van der Waals surface area contributed by atoms with Gasteiger partial charge in [0.25, 0.3) is 0 Å². The van der Waals surface area contributed by atoms with Gasteiger partial charge in [-0.2, -0.15) is 0 Å². The maximum Gasteiger partial charge on any atom is 0.243 e. The molecule has 2 fully saturated rings. The normalized spacial score (nSPS) is 20.6. The summed E-state index contributed by atoms with van der Waals surface area (Å²) in [7, 11) is -3.11. The first-order chi connectivity index (χ1) is 15.5. The Bertz CT molecular complexity index is 1200. The highest BCUT2D eigenvalue weighted by Gasteiger charge is 2.26. The van der Waals surface area contributed by atoms with Gasteiger partial charge in [0.1, 0.15) is 6.10 Å². The average Bonchev–Trinajstić information content (AvgIpc) is 3.32. The van der Waals surface area contributed by atoms with E-state index in [0.29, 0.717) is 43.6 Å². The highest BCUT2D eigenvalue weighted by Crippen LogP contribution is 2.32. The predicted octanol–water partition coefficient (Wildman–Crippen LogP) is 3.00. The fourth-order valence-corrected chi connectivity index (χ4v) is 5.26. The van der Waals surface area contributed by atoms with Crippen LogP contribution in [0.4, 0.5) is 0 Å². The fourth-order valence-electron chi connectivity index (χ4n) is 4.38. The molecule has 2 aromatic heterocycles. The molecule has 168 valence electrons. The minimum absolute atomic E-state index is 0.0249. The Morgan fingerprint density at radius 3 is 2.50 bits per heavy atom. The van der Waals surface area contributed by atoms with E-state index in [1.165, 1.54) is 11.8 Å². The minimum Gasteiger partial charge on any atom is -0.470 e. The Hall–Kier alpha value is -2.62. The van der Waals surface area contributed by atoms with Crippen LogP contribution in [0.1, 0.15) is 30.7 Å². The van der Waals surface area contributed by atoms with E-state index in [9.17, 15) is 8.42 Å². The van der Waals surface area contributed by atoms with Crippen molar-refractivity contribution < 1.29 is 17.9 Å². The summed E-state index contributed by atoms with van der Waals surface area (Å²) >= 11 is 0. The third-order valence-corrected chi connectivity index (χ3v) is 7.49. The quantitative estimate of drug-likeness (QED) is 0.585. The Kier molecular flexibility index (Phi) is 5.79. The molecule has 1 aromatic carbocycles. The summed E-state index contributed by atoms with van der Waals surface area (Å²) in [6.07, 6.45) is 7.06. The molecular weight excluding hydrogens is 428 g/mol. The molecule has 2 aliphatic rings. The third kappa shape index (κ3) is 4.46. The van der Waals surface area contributed by atoms with Gasteiger partial charge < -0.3 is 9.47 Å². The first-order valence-electron chi connectivity index (χ1n) is 10.9. The van der Waals surface area contributed by atoms with E-state index < -0.39 is 10.0 Å². The van der Waals surface area contributed by atoms with Crippen LogP contribution in [-0.2, 0) is 14.8 Å². The molecule has 5 rings (SSSR count). The number of ether oxygens (including phenoxy) is 2. The van der Waals surface area contributed by atoms with Gasteiger partial charge in [0.15, 0.2) is 5.52 Å². The molecule has 2 saturated heterocycles. The third-order valence-electron chi connectivity index (χ3n) is 6.19. The smallest absolute Gasteiger partial charge is 0.243 e. The van der Waals surface area contributed by atoms with Crippen LogP contribution in [0.25, 0.3) is 22.3 Å². The van der Waals surface area contributed by atoms with Gasteiger partial charge >= 0.3 is 0 Å². The zero-order valence-corrected chi connectivity index (χ0v) is 18.8. The molecule has 4 heterocycles. The zero-order valence-electron chi connectivity index (χ0n) is 18.0. The Labute approximate surface area is 187 Å². The summed E-state index contributed by atoms with van der Waals surface area (Å²) in [6, 6.07) is 10.3. The van der Waals surface area contributed by atoms with Crippen LogP contribution in [0.5, 0.6) is 5.88 Å². The molecule has 32 heavy (non-hydrogen) atoms. The standard InChI is InChI=1S/C23H26N4O4S/c1-32(28,29)27-11-6-17(7-12-27)16-2-4-18(5-3-16)20-14-21-22(25-10-9-24-21)23(26-20)31-19-8-13-30-15-19/h2-5,9-10,14,17,19H,6-8,11-13,15H2,1H3/t19-/m1/s1. The van der Waals surface area contributed by atoms with E-state index in [1.807, 2.05) is 6.07 Å². The van der Waals surface area contributed by atoms with Crippen molar-refractivity contribution >= 4 is 21.1 Å². The number of rotatable bonds is 5. The van der Waals surface area contributed by atoms with Crippen molar-refractivity contribution in [3.05, 3.63) is 48.3 Å². The van der Waals surface area contributed by atoms with E-state index in [0.717, 1.165) is 36.0 Å². The van der Waals surface area contributed by atoms with Crippen LogP contribution in [0.15, 0.2) is 42.7 Å². The number of nitrogens with zero attached hydrogens (tertiary/aromatic N) is 4. The topological polar surface area (TPSA) is 94.5 Å². The van der Waals surface area contributed by atoms with Crippen molar-refractivity contribution in [3.8, 4) is 17.1 Å². The second-order valence-electron chi connectivity index (χ2n) is 8.40. The SMILES string of the molecule is CS(=O)(=O)N1CCC(c2ccc(-c3cc4nccnc4c(O[C@@H]4CCOC4)n3)cc2)CC1. The molecule has 0 aliphatic carbocycles. The molecule has 0 bridgehead atoms. The van der Waals surface area contributed by atoms with E-state index >= 15 is 0 Å². The molecule has 8 nitrogen and oxygen atoms in total. The second-order valence-corrected chi connectivity index (χ2v) is 10.4. The first kappa shape index (κ1) is 21.2. The monoisotopic (exact) mass is 454 g/mol. The van der Waals surface area contributed by atoms with Gasteiger partial charge in [-0.15, -0.1) is 0 Å². The maximum atomic E-state index is 11.8. The van der Waals surface area contributed by atoms with E-state index in [2.05, 4.69) is 34.2 Å². The number of aromatic nitrogens is 3. The van der Waals surface area contributed by atoms with Crippen molar-refractivity contribution in [2.45, 2.75) is 31.3 Å². The minimum atomic E-state index is -3.11. The van der Waals surface area contributed by atoms with Gasteiger partial charge in [-0.05, 0) is 30.4 Å². The molecule has 0 spiro atoms. The predicted molar refractivity (Wildman–Crippen MR) is 121 cm³/mol. The van der Waals surface area contributed by atoms with Crippen LogP contribution in [0.2, 0.25) is 0 Å². The van der Waals surface area contributed by atoms with Crippen LogP contribution in [0, 0.1) is 0 Å². The summed E-state index contributed by atoms with van der Waals surface area (Å²) in [5.74, 6) is 0.845. The molecule has 0 amide bonds. The highest BCUT2D eigenvalue weighted by molar-refractivity contribution is 7.88. The number of hydrogen-bond donors (Lipinski definition) is 0. The van der Waals surface area contributed by atoms with Crippen LogP contribution >= 0.6 is 0 Å². The van der Waals surface area contributed by atoms with Crippen molar-refractivity contribution in [2.24, 2.45) is 0 Å². The average molecular weight is 455 g/mol. The summed E-state index contributed by atoms with van der Waals surface area (Å²) in [6.45, 7) is 2.39. The maximum absolute atomic E-state index is 11.8. The molecule has 9 heteroatoms. The lowest BCUT2D eigenvalue weighted by Crippen LogP contribution is -2.37. The van der Waals surface area contributed by atoms with Crippen molar-refractivity contribution in [2.75, 3.05) is 32.6 Å². The molecule has 0 radical (unpaired) electrons. The lowest BCUT2D eigenvalue weighted by Gasteiger charge is -2.30. The summed E-state index contributed by atoms with van der Waals surface area (Å²) in [5, 5.41) is 0. The van der Waals surface area contributed by atoms with Gasteiger partial charge in [0.2, 0.25) is 15.9 Å². The number of sulfonamides is 1. The number of fused-ring (bicyclic) bond motifs is 1. The molecule has 1 atom stereocenters. The number of pyridine rings is 1. The van der Waals surface area contributed by atoms with Crippen LogP contribution < -0.4 is 4.74 Å². The van der Waals surface area contributed by atoms with E-state index in [1.54, 1.807) is 16.7 Å². The van der Waals surface area contributed by atoms with Crippen molar-refractivity contribution in [1.29, 1.82) is 0 Å². The molecular formula is C23H26N4O4S. The van der Waals surface area contributed by atoms with Crippen molar-refractivity contribution in [1.82, 2.24) is 19.3 Å². The number of benzene rings is 1. The van der Waals surface area contributed by atoms with Crippen LogP contribution in [-0.4, -0.2) is 66.3 Å². The summed E-state index contributed by atoms with van der Waals surface area (Å²) in [4.78, 5) is 13.6. The lowest BCUT2D eigenvalue weighted by atomic mass is 9.89. The Balaban J connectivity index is 1.38. The van der Waals surface area contributed by atoms with E-state index in [4.69, 9.17) is 14.5 Å². The fraction of sp³-hybridized carbons (Fsp3) is 0.435. The van der Waals surface area contributed by atoms with Gasteiger partial charge in [-0.1, -0.05) is 24.3 Å². The molecule has 0 saturated carbocycles. The Morgan fingerprint density at radius 1 is 1.06 bits per heavy atom. The lowest BCUT2D eigenvalue weighted by molar-refractivity contribution is 0.139. The molecule has 2 aliphatic heterocycles. The van der Waals surface area contributed by atoms with Gasteiger partial charge in [0.05, 0.1) is 30.7 Å².